The molecular weight excluding hydrogens is 395 g/mol. The molecule has 2 aromatic rings. The molecule has 2 fully saturated rings. The maximum Gasteiger partial charge on any atom is 0.418 e. The minimum atomic E-state index is -4.62. The first-order valence-electron chi connectivity index (χ1n) is 9.89. The largest absolute Gasteiger partial charge is 0.418 e. The number of alkyl halides is 3. The van der Waals surface area contributed by atoms with E-state index in [0.29, 0.717) is 13.1 Å². The summed E-state index contributed by atoms with van der Waals surface area (Å²) in [6.45, 7) is 1.84. The summed E-state index contributed by atoms with van der Waals surface area (Å²) < 4.78 is 40.7. The van der Waals surface area contributed by atoms with E-state index in [1.165, 1.54) is 23.8 Å². The molecule has 0 unspecified atom stereocenters. The molecule has 2 heterocycles. The Labute approximate surface area is 172 Å². The van der Waals surface area contributed by atoms with E-state index < -0.39 is 29.2 Å². The number of amides is 3. The number of imide groups is 1. The van der Waals surface area contributed by atoms with Gasteiger partial charge in [0.25, 0.3) is 5.91 Å². The topological polar surface area (TPSA) is 52.7 Å². The van der Waals surface area contributed by atoms with Crippen LogP contribution in [-0.2, 0) is 17.4 Å². The molecule has 2 aliphatic rings. The number of nitrogens with one attached hydrogen (secondary N) is 1. The molecule has 0 radical (unpaired) electrons. The SMILES string of the molecule is O=C1NC(=O)C2(CCN(CCc3ccccc3)CC2)N1c1ccccc1C(F)(F)F. The average Bonchev–Trinajstić information content (AvgIpc) is 2.97. The fourth-order valence-corrected chi connectivity index (χ4v) is 4.34. The van der Waals surface area contributed by atoms with Gasteiger partial charge in [0.2, 0.25) is 0 Å². The fourth-order valence-electron chi connectivity index (χ4n) is 4.34. The molecule has 3 amide bonds. The minimum absolute atomic E-state index is 0.272. The van der Waals surface area contributed by atoms with Gasteiger partial charge in [-0.05, 0) is 37.0 Å². The van der Waals surface area contributed by atoms with E-state index in [1.54, 1.807) is 0 Å². The van der Waals surface area contributed by atoms with Crippen LogP contribution in [-0.4, -0.2) is 42.0 Å². The molecule has 4 rings (SSSR count). The van der Waals surface area contributed by atoms with Crippen LogP contribution in [0.25, 0.3) is 0 Å². The lowest BCUT2D eigenvalue weighted by Gasteiger charge is -2.42. The smallest absolute Gasteiger partial charge is 0.303 e. The number of rotatable bonds is 4. The highest BCUT2D eigenvalue weighted by molar-refractivity contribution is 6.17. The number of halogens is 3. The summed E-state index contributed by atoms with van der Waals surface area (Å²) in [4.78, 5) is 28.5. The molecule has 30 heavy (non-hydrogen) atoms. The van der Waals surface area contributed by atoms with E-state index in [9.17, 15) is 22.8 Å². The summed E-state index contributed by atoms with van der Waals surface area (Å²) in [6, 6.07) is 14.1. The van der Waals surface area contributed by atoms with Crippen molar-refractivity contribution in [3.05, 3.63) is 65.7 Å². The van der Waals surface area contributed by atoms with Gasteiger partial charge in [-0.15, -0.1) is 0 Å². The Balaban J connectivity index is 1.55. The predicted molar refractivity (Wildman–Crippen MR) is 106 cm³/mol. The second-order valence-corrected chi connectivity index (χ2v) is 7.72. The Hall–Kier alpha value is -2.87. The van der Waals surface area contributed by atoms with Gasteiger partial charge in [0.15, 0.2) is 0 Å². The summed E-state index contributed by atoms with van der Waals surface area (Å²) in [5, 5.41) is 2.24. The summed E-state index contributed by atoms with van der Waals surface area (Å²) in [7, 11) is 0. The van der Waals surface area contributed by atoms with Crippen molar-refractivity contribution in [1.82, 2.24) is 10.2 Å². The van der Waals surface area contributed by atoms with E-state index in [1.807, 2.05) is 30.3 Å². The van der Waals surface area contributed by atoms with Crippen molar-refractivity contribution < 1.29 is 22.8 Å². The number of benzene rings is 2. The average molecular weight is 417 g/mol. The number of carbonyl (C=O) groups excluding carboxylic acids is 2. The van der Waals surface area contributed by atoms with Gasteiger partial charge in [0.05, 0.1) is 11.3 Å². The van der Waals surface area contributed by atoms with E-state index >= 15 is 0 Å². The van der Waals surface area contributed by atoms with Crippen molar-refractivity contribution in [1.29, 1.82) is 0 Å². The Kier molecular flexibility index (Phi) is 5.27. The van der Waals surface area contributed by atoms with Crippen molar-refractivity contribution >= 4 is 17.6 Å². The van der Waals surface area contributed by atoms with Crippen molar-refractivity contribution in [2.24, 2.45) is 0 Å². The predicted octanol–water partition coefficient (Wildman–Crippen LogP) is 3.84. The molecule has 2 aliphatic heterocycles. The summed E-state index contributed by atoms with van der Waals surface area (Å²) in [5.41, 5.74) is -1.28. The molecule has 0 saturated carbocycles. The van der Waals surface area contributed by atoms with E-state index in [4.69, 9.17) is 0 Å². The van der Waals surface area contributed by atoms with Gasteiger partial charge < -0.3 is 4.90 Å². The third kappa shape index (κ3) is 3.67. The van der Waals surface area contributed by atoms with Gasteiger partial charge in [-0.2, -0.15) is 13.2 Å². The molecule has 1 spiro atoms. The number of para-hydroxylation sites is 1. The third-order valence-electron chi connectivity index (χ3n) is 5.97. The first-order valence-corrected chi connectivity index (χ1v) is 9.89. The Morgan fingerprint density at radius 3 is 2.23 bits per heavy atom. The minimum Gasteiger partial charge on any atom is -0.303 e. The van der Waals surface area contributed by atoms with Crippen LogP contribution in [0.3, 0.4) is 0 Å². The molecule has 0 aliphatic carbocycles. The van der Waals surface area contributed by atoms with Crippen LogP contribution in [0.4, 0.5) is 23.7 Å². The molecule has 5 nitrogen and oxygen atoms in total. The van der Waals surface area contributed by atoms with Gasteiger partial charge >= 0.3 is 12.2 Å². The van der Waals surface area contributed by atoms with Crippen LogP contribution in [0.1, 0.15) is 24.0 Å². The maximum atomic E-state index is 13.6. The van der Waals surface area contributed by atoms with Crippen LogP contribution >= 0.6 is 0 Å². The zero-order valence-electron chi connectivity index (χ0n) is 16.3. The Morgan fingerprint density at radius 2 is 1.57 bits per heavy atom. The van der Waals surface area contributed by atoms with Gasteiger partial charge in [-0.1, -0.05) is 42.5 Å². The number of anilines is 1. The normalized spacial score (nSPS) is 19.4. The van der Waals surface area contributed by atoms with E-state index in [2.05, 4.69) is 10.2 Å². The number of carbonyl (C=O) groups is 2. The number of urea groups is 1. The first-order chi connectivity index (χ1) is 14.3. The van der Waals surface area contributed by atoms with E-state index in [-0.39, 0.29) is 18.5 Å². The van der Waals surface area contributed by atoms with Crippen molar-refractivity contribution in [2.75, 3.05) is 24.5 Å². The zero-order chi connectivity index (χ0) is 21.4. The summed E-state index contributed by atoms with van der Waals surface area (Å²) in [5.74, 6) is -0.521. The van der Waals surface area contributed by atoms with Gasteiger partial charge in [0, 0.05) is 19.6 Å². The highest BCUT2D eigenvalue weighted by Crippen LogP contribution is 2.43. The quantitative estimate of drug-likeness (QED) is 0.770. The standard InChI is InChI=1S/C22H22F3N3O2/c23-22(24,25)17-8-4-5-9-18(17)28-20(30)26-19(29)21(28)11-14-27(15-12-21)13-10-16-6-2-1-3-7-16/h1-9H,10-15H2,(H,26,29,30). The lowest BCUT2D eigenvalue weighted by atomic mass is 9.85. The number of hydrogen-bond acceptors (Lipinski definition) is 3. The molecule has 0 bridgehead atoms. The summed E-state index contributed by atoms with van der Waals surface area (Å²) >= 11 is 0. The molecule has 158 valence electrons. The lowest BCUT2D eigenvalue weighted by Crippen LogP contribution is -2.57. The Bertz CT molecular complexity index is 938. The van der Waals surface area contributed by atoms with Gasteiger partial charge in [-0.3, -0.25) is 15.0 Å². The molecule has 8 heteroatoms. The lowest BCUT2D eigenvalue weighted by molar-refractivity contribution is -0.137. The second kappa shape index (κ2) is 7.75. The van der Waals surface area contributed by atoms with Crippen LogP contribution in [0.15, 0.2) is 54.6 Å². The molecule has 2 aromatic carbocycles. The summed E-state index contributed by atoms with van der Waals surface area (Å²) in [6.07, 6.45) is -3.21. The number of hydrogen-bond donors (Lipinski definition) is 1. The highest BCUT2D eigenvalue weighted by atomic mass is 19.4. The van der Waals surface area contributed by atoms with Crippen molar-refractivity contribution in [2.45, 2.75) is 31.0 Å². The number of likely N-dealkylation sites (tertiary alicyclic amines) is 1. The number of nitrogens with zero attached hydrogens (tertiary/aromatic N) is 2. The third-order valence-corrected chi connectivity index (χ3v) is 5.97. The van der Waals surface area contributed by atoms with Gasteiger partial charge in [0.1, 0.15) is 5.54 Å². The molecule has 2 saturated heterocycles. The van der Waals surface area contributed by atoms with Crippen LogP contribution in [0.2, 0.25) is 0 Å². The molecule has 0 atom stereocenters. The monoisotopic (exact) mass is 417 g/mol. The maximum absolute atomic E-state index is 13.6. The fraction of sp³-hybridized carbons (Fsp3) is 0.364. The van der Waals surface area contributed by atoms with Crippen molar-refractivity contribution in [3.8, 4) is 0 Å². The zero-order valence-corrected chi connectivity index (χ0v) is 16.3. The van der Waals surface area contributed by atoms with Gasteiger partial charge in [-0.25, -0.2) is 4.79 Å². The molecule has 1 N–H and O–H groups in total. The van der Waals surface area contributed by atoms with Crippen molar-refractivity contribution in [3.63, 3.8) is 0 Å². The molecule has 0 aromatic heterocycles. The van der Waals surface area contributed by atoms with Crippen LogP contribution in [0.5, 0.6) is 0 Å². The highest BCUT2D eigenvalue weighted by Gasteiger charge is 2.56. The van der Waals surface area contributed by atoms with Crippen LogP contribution in [0, 0.1) is 0 Å². The van der Waals surface area contributed by atoms with Crippen LogP contribution < -0.4 is 10.2 Å². The second-order valence-electron chi connectivity index (χ2n) is 7.72. The Morgan fingerprint density at radius 1 is 0.933 bits per heavy atom. The molecular formula is C22H22F3N3O2. The number of piperidine rings is 1. The van der Waals surface area contributed by atoms with E-state index in [0.717, 1.165) is 23.9 Å². The first kappa shape index (κ1) is 20.4.